The maximum atomic E-state index is 12.4. The molecule has 1 aliphatic rings. The highest BCUT2D eigenvalue weighted by molar-refractivity contribution is 6.35. The van der Waals surface area contributed by atoms with Gasteiger partial charge in [0.1, 0.15) is 6.61 Å². The number of rotatable bonds is 7. The van der Waals surface area contributed by atoms with Gasteiger partial charge in [0.2, 0.25) is 5.88 Å². The average Bonchev–Trinajstić information content (AvgIpc) is 2.68. The zero-order valence-corrected chi connectivity index (χ0v) is 16.3. The zero-order valence-electron chi connectivity index (χ0n) is 14.8. The summed E-state index contributed by atoms with van der Waals surface area (Å²) in [7, 11) is 0. The average molecular weight is 410 g/mol. The number of carbonyl (C=O) groups excluding carboxylic acids is 1. The minimum absolute atomic E-state index is 0.221. The monoisotopic (exact) mass is 409 g/mol. The summed E-state index contributed by atoms with van der Waals surface area (Å²) in [5.41, 5.74) is 1.28. The minimum atomic E-state index is -0.221. The molecule has 2 aromatic rings. The van der Waals surface area contributed by atoms with Gasteiger partial charge in [0, 0.05) is 54.1 Å². The van der Waals surface area contributed by atoms with Gasteiger partial charge in [0.05, 0.1) is 13.2 Å². The van der Waals surface area contributed by atoms with Crippen molar-refractivity contribution in [2.45, 2.75) is 6.54 Å². The van der Waals surface area contributed by atoms with Crippen LogP contribution in [0.25, 0.3) is 0 Å². The summed E-state index contributed by atoms with van der Waals surface area (Å²) in [6.07, 6.45) is 1.56. The van der Waals surface area contributed by atoms with Crippen LogP contribution in [0.3, 0.4) is 0 Å². The second-order valence-electron chi connectivity index (χ2n) is 6.10. The summed E-state index contributed by atoms with van der Waals surface area (Å²) in [4.78, 5) is 18.8. The first kappa shape index (κ1) is 19.9. The number of carbonyl (C=O) groups is 1. The van der Waals surface area contributed by atoms with Gasteiger partial charge >= 0.3 is 0 Å². The Kier molecular flexibility index (Phi) is 7.29. The quantitative estimate of drug-likeness (QED) is 0.761. The van der Waals surface area contributed by atoms with Crippen LogP contribution in [0.4, 0.5) is 0 Å². The van der Waals surface area contributed by atoms with E-state index < -0.39 is 0 Å². The molecule has 0 atom stereocenters. The summed E-state index contributed by atoms with van der Waals surface area (Å²) in [5.74, 6) is 0.210. The van der Waals surface area contributed by atoms with Crippen LogP contribution in [0.2, 0.25) is 10.0 Å². The van der Waals surface area contributed by atoms with Crippen LogP contribution in [0, 0.1) is 0 Å². The molecule has 1 amide bonds. The predicted octanol–water partition coefficient (Wildman–Crippen LogP) is 3.03. The molecule has 0 radical (unpaired) electrons. The molecule has 144 valence electrons. The van der Waals surface area contributed by atoms with Gasteiger partial charge in [-0.25, -0.2) is 4.98 Å². The number of halogens is 2. The van der Waals surface area contributed by atoms with Gasteiger partial charge in [-0.15, -0.1) is 0 Å². The first-order valence-corrected chi connectivity index (χ1v) is 9.48. The van der Waals surface area contributed by atoms with E-state index >= 15 is 0 Å². The fourth-order valence-corrected chi connectivity index (χ4v) is 3.15. The SMILES string of the molecule is O=C(NCc1ccc(Cl)cc1Cl)c1ccnc(OCCN2CCOCC2)c1. The molecule has 1 N–H and O–H groups in total. The first-order valence-electron chi connectivity index (χ1n) is 8.73. The number of benzene rings is 1. The number of morpholine rings is 1. The number of aromatic nitrogens is 1. The minimum Gasteiger partial charge on any atom is -0.476 e. The fourth-order valence-electron chi connectivity index (χ4n) is 2.68. The number of nitrogens with one attached hydrogen (secondary N) is 1. The number of pyridine rings is 1. The molecule has 0 saturated carbocycles. The van der Waals surface area contributed by atoms with Crippen LogP contribution < -0.4 is 10.1 Å². The Labute approximate surface area is 168 Å². The molecule has 27 heavy (non-hydrogen) atoms. The van der Waals surface area contributed by atoms with Crippen molar-refractivity contribution in [2.75, 3.05) is 39.5 Å². The normalized spacial score (nSPS) is 14.7. The van der Waals surface area contributed by atoms with Crippen LogP contribution in [-0.2, 0) is 11.3 Å². The van der Waals surface area contributed by atoms with Crippen molar-refractivity contribution in [3.63, 3.8) is 0 Å². The van der Waals surface area contributed by atoms with Crippen LogP contribution in [-0.4, -0.2) is 55.2 Å². The van der Waals surface area contributed by atoms with Crippen LogP contribution in [0.5, 0.6) is 5.88 Å². The number of hydrogen-bond donors (Lipinski definition) is 1. The maximum absolute atomic E-state index is 12.4. The fraction of sp³-hybridized carbons (Fsp3) is 0.368. The van der Waals surface area contributed by atoms with Gasteiger partial charge < -0.3 is 14.8 Å². The molecule has 1 aliphatic heterocycles. The third-order valence-electron chi connectivity index (χ3n) is 4.21. The van der Waals surface area contributed by atoms with Crippen molar-refractivity contribution in [3.05, 3.63) is 57.7 Å². The van der Waals surface area contributed by atoms with Gasteiger partial charge in [0.15, 0.2) is 0 Å². The van der Waals surface area contributed by atoms with E-state index in [0.717, 1.165) is 38.4 Å². The number of ether oxygens (including phenoxy) is 2. The smallest absolute Gasteiger partial charge is 0.251 e. The maximum Gasteiger partial charge on any atom is 0.251 e. The van der Waals surface area contributed by atoms with Crippen LogP contribution in [0.15, 0.2) is 36.5 Å². The van der Waals surface area contributed by atoms with E-state index in [2.05, 4.69) is 15.2 Å². The molecular formula is C19H21Cl2N3O3. The second-order valence-corrected chi connectivity index (χ2v) is 6.95. The molecule has 0 bridgehead atoms. The lowest BCUT2D eigenvalue weighted by molar-refractivity contribution is 0.0320. The van der Waals surface area contributed by atoms with Gasteiger partial charge in [-0.05, 0) is 23.8 Å². The van der Waals surface area contributed by atoms with Gasteiger partial charge in [-0.1, -0.05) is 29.3 Å². The van der Waals surface area contributed by atoms with E-state index in [0.29, 0.717) is 34.6 Å². The molecule has 3 rings (SSSR count). The van der Waals surface area contributed by atoms with E-state index in [4.69, 9.17) is 32.7 Å². The summed E-state index contributed by atoms with van der Waals surface area (Å²) in [6.45, 7) is 4.95. The number of hydrogen-bond acceptors (Lipinski definition) is 5. The Morgan fingerprint density at radius 1 is 1.22 bits per heavy atom. The molecule has 1 aromatic carbocycles. The number of nitrogens with zero attached hydrogens (tertiary/aromatic N) is 2. The van der Waals surface area contributed by atoms with Crippen molar-refractivity contribution in [1.82, 2.24) is 15.2 Å². The largest absolute Gasteiger partial charge is 0.476 e. The van der Waals surface area contributed by atoms with Gasteiger partial charge in [0.25, 0.3) is 5.91 Å². The van der Waals surface area contributed by atoms with Crippen LogP contribution in [0.1, 0.15) is 15.9 Å². The van der Waals surface area contributed by atoms with E-state index in [1.54, 1.807) is 36.5 Å². The first-order chi connectivity index (χ1) is 13.1. The molecule has 2 heterocycles. The highest BCUT2D eigenvalue weighted by Gasteiger charge is 2.11. The Balaban J connectivity index is 1.50. The second kappa shape index (κ2) is 9.90. The third kappa shape index (κ3) is 6.07. The van der Waals surface area contributed by atoms with Gasteiger partial charge in [-0.2, -0.15) is 0 Å². The Morgan fingerprint density at radius 3 is 2.81 bits per heavy atom. The zero-order chi connectivity index (χ0) is 19.1. The molecule has 1 fully saturated rings. The van der Waals surface area contributed by atoms with E-state index in [9.17, 15) is 4.79 Å². The molecule has 0 spiro atoms. The van der Waals surface area contributed by atoms with Crippen LogP contribution >= 0.6 is 23.2 Å². The van der Waals surface area contributed by atoms with Gasteiger partial charge in [-0.3, -0.25) is 9.69 Å². The van der Waals surface area contributed by atoms with Crippen molar-refractivity contribution < 1.29 is 14.3 Å². The van der Waals surface area contributed by atoms with Crippen molar-refractivity contribution in [1.29, 1.82) is 0 Å². The Hall–Kier alpha value is -1.86. The molecule has 1 aromatic heterocycles. The predicted molar refractivity (Wildman–Crippen MR) is 105 cm³/mol. The summed E-state index contributed by atoms with van der Waals surface area (Å²) >= 11 is 12.0. The number of amides is 1. The standard InChI is InChI=1S/C19H21Cl2N3O3/c20-16-2-1-15(17(21)12-16)13-23-19(25)14-3-4-22-18(11-14)27-10-7-24-5-8-26-9-6-24/h1-4,11-12H,5-10,13H2,(H,23,25). The van der Waals surface area contributed by atoms with Crippen molar-refractivity contribution in [3.8, 4) is 5.88 Å². The third-order valence-corrected chi connectivity index (χ3v) is 4.80. The van der Waals surface area contributed by atoms with E-state index in [-0.39, 0.29) is 5.91 Å². The molecule has 8 heteroatoms. The van der Waals surface area contributed by atoms with Crippen molar-refractivity contribution in [2.24, 2.45) is 0 Å². The lowest BCUT2D eigenvalue weighted by Gasteiger charge is -2.26. The summed E-state index contributed by atoms with van der Waals surface area (Å²) in [6, 6.07) is 8.46. The van der Waals surface area contributed by atoms with Crippen molar-refractivity contribution >= 4 is 29.1 Å². The lowest BCUT2D eigenvalue weighted by atomic mass is 10.2. The molecule has 0 aliphatic carbocycles. The highest BCUT2D eigenvalue weighted by atomic mass is 35.5. The lowest BCUT2D eigenvalue weighted by Crippen LogP contribution is -2.38. The summed E-state index contributed by atoms with van der Waals surface area (Å²) < 4.78 is 11.0. The highest BCUT2D eigenvalue weighted by Crippen LogP contribution is 2.21. The van der Waals surface area contributed by atoms with E-state index in [1.807, 2.05) is 0 Å². The molecule has 6 nitrogen and oxygen atoms in total. The summed E-state index contributed by atoms with van der Waals surface area (Å²) in [5, 5.41) is 3.92. The molecule has 0 unspecified atom stereocenters. The van der Waals surface area contributed by atoms with E-state index in [1.165, 1.54) is 0 Å². The Morgan fingerprint density at radius 2 is 2.04 bits per heavy atom. The molecule has 1 saturated heterocycles. The molecular weight excluding hydrogens is 389 g/mol. The Bertz CT molecular complexity index is 783. The topological polar surface area (TPSA) is 63.7 Å².